The quantitative estimate of drug-likeness (QED) is 0.745. The second kappa shape index (κ2) is 7.87. The summed E-state index contributed by atoms with van der Waals surface area (Å²) < 4.78 is 34.0. The van der Waals surface area contributed by atoms with Crippen molar-refractivity contribution in [3.05, 3.63) is 0 Å². The fourth-order valence-electron chi connectivity index (χ4n) is 3.20. The third-order valence-corrected chi connectivity index (χ3v) is 6.66. The number of piperidine rings is 1. The third-order valence-electron chi connectivity index (χ3n) is 4.62. The van der Waals surface area contributed by atoms with Crippen molar-refractivity contribution in [2.24, 2.45) is 5.92 Å². The Morgan fingerprint density at radius 2 is 1.67 bits per heavy atom. The van der Waals surface area contributed by atoms with E-state index < -0.39 is 10.2 Å². The first-order valence-corrected chi connectivity index (χ1v) is 9.44. The number of ether oxygens (including phenoxy) is 1. The van der Waals surface area contributed by atoms with Crippen LogP contribution in [0.25, 0.3) is 0 Å². The molecule has 7 heteroatoms. The predicted molar refractivity (Wildman–Crippen MR) is 83.4 cm³/mol. The van der Waals surface area contributed by atoms with Gasteiger partial charge in [-0.25, -0.2) is 0 Å². The Balaban J connectivity index is 1.92. The second-order valence-electron chi connectivity index (χ2n) is 5.99. The monoisotopic (exact) mass is 319 g/mol. The van der Waals surface area contributed by atoms with E-state index in [1.165, 1.54) is 0 Å². The maximum atomic E-state index is 12.8. The van der Waals surface area contributed by atoms with Crippen LogP contribution in [0.1, 0.15) is 26.2 Å². The van der Waals surface area contributed by atoms with Crippen LogP contribution in [0.4, 0.5) is 0 Å². The lowest BCUT2D eigenvalue weighted by atomic mass is 9.99. The number of nitrogens with zero attached hydrogens (tertiary/aromatic N) is 3. The van der Waals surface area contributed by atoms with Crippen molar-refractivity contribution in [2.75, 3.05) is 59.5 Å². The molecule has 0 aromatic rings. The minimum Gasteiger partial charge on any atom is -0.384 e. The molecule has 0 saturated carbocycles. The summed E-state index contributed by atoms with van der Waals surface area (Å²) >= 11 is 0. The minimum absolute atomic E-state index is 0.501. The van der Waals surface area contributed by atoms with E-state index in [0.29, 0.717) is 32.1 Å². The largest absolute Gasteiger partial charge is 0.384 e. The Labute approximate surface area is 129 Å². The van der Waals surface area contributed by atoms with E-state index >= 15 is 0 Å². The van der Waals surface area contributed by atoms with E-state index in [1.807, 2.05) is 0 Å². The van der Waals surface area contributed by atoms with E-state index in [4.69, 9.17) is 4.74 Å². The van der Waals surface area contributed by atoms with Gasteiger partial charge in [-0.15, -0.1) is 0 Å². The number of methoxy groups -OCH3 is 1. The zero-order valence-corrected chi connectivity index (χ0v) is 14.1. The summed E-state index contributed by atoms with van der Waals surface area (Å²) in [7, 11) is -1.57. The molecule has 2 fully saturated rings. The van der Waals surface area contributed by atoms with Crippen LogP contribution in [0.2, 0.25) is 0 Å². The van der Waals surface area contributed by atoms with Gasteiger partial charge in [0.05, 0.1) is 0 Å². The molecule has 0 radical (unpaired) electrons. The van der Waals surface area contributed by atoms with Crippen molar-refractivity contribution in [3.8, 4) is 0 Å². The molecule has 2 aliphatic heterocycles. The summed E-state index contributed by atoms with van der Waals surface area (Å²) in [6, 6.07) is 0. The van der Waals surface area contributed by atoms with Crippen LogP contribution in [0.3, 0.4) is 0 Å². The highest BCUT2D eigenvalue weighted by atomic mass is 32.2. The van der Waals surface area contributed by atoms with Crippen LogP contribution in [-0.4, -0.2) is 81.5 Å². The van der Waals surface area contributed by atoms with Gasteiger partial charge in [0.1, 0.15) is 0 Å². The molecular weight excluding hydrogens is 290 g/mol. The smallest absolute Gasteiger partial charge is 0.282 e. The van der Waals surface area contributed by atoms with Gasteiger partial charge in [0.15, 0.2) is 0 Å². The van der Waals surface area contributed by atoms with Crippen LogP contribution in [0.5, 0.6) is 0 Å². The average Bonchev–Trinajstić information content (AvgIpc) is 2.74. The van der Waals surface area contributed by atoms with Crippen LogP contribution in [0.15, 0.2) is 0 Å². The maximum Gasteiger partial charge on any atom is 0.282 e. The van der Waals surface area contributed by atoms with Crippen molar-refractivity contribution in [3.63, 3.8) is 0 Å². The molecule has 0 aliphatic carbocycles. The molecule has 0 amide bonds. The maximum absolute atomic E-state index is 12.8. The number of likely N-dealkylation sites (N-methyl/N-ethyl adjacent to an activating group) is 1. The summed E-state index contributed by atoms with van der Waals surface area (Å²) in [5, 5.41) is 0. The Morgan fingerprint density at radius 1 is 1.00 bits per heavy atom. The summed E-state index contributed by atoms with van der Waals surface area (Å²) in [5.74, 6) is 0.501. The lowest BCUT2D eigenvalue weighted by molar-refractivity contribution is 0.119. The van der Waals surface area contributed by atoms with Crippen LogP contribution < -0.4 is 0 Å². The zero-order valence-electron chi connectivity index (χ0n) is 13.3. The lowest BCUT2D eigenvalue weighted by Gasteiger charge is -2.34. The molecule has 21 heavy (non-hydrogen) atoms. The van der Waals surface area contributed by atoms with Gasteiger partial charge in [-0.05, 0) is 38.3 Å². The molecular formula is C14H29N3O3S. The van der Waals surface area contributed by atoms with Gasteiger partial charge in [-0.2, -0.15) is 17.0 Å². The SMILES string of the molecule is CCN1CCCN(S(=O)(=O)N2CCC(COC)CC2)CC1. The van der Waals surface area contributed by atoms with E-state index in [9.17, 15) is 8.42 Å². The van der Waals surface area contributed by atoms with Crippen molar-refractivity contribution >= 4 is 10.2 Å². The average molecular weight is 319 g/mol. The van der Waals surface area contributed by atoms with Gasteiger partial charge >= 0.3 is 0 Å². The molecule has 0 bridgehead atoms. The first-order valence-electron chi connectivity index (χ1n) is 8.04. The highest BCUT2D eigenvalue weighted by Gasteiger charge is 2.33. The second-order valence-corrected chi connectivity index (χ2v) is 7.92. The topological polar surface area (TPSA) is 53.1 Å². The van der Waals surface area contributed by atoms with E-state index in [2.05, 4.69) is 11.8 Å². The van der Waals surface area contributed by atoms with Gasteiger partial charge < -0.3 is 9.64 Å². The van der Waals surface area contributed by atoms with Gasteiger partial charge in [-0.1, -0.05) is 6.92 Å². The molecule has 0 N–H and O–H groups in total. The molecule has 124 valence electrons. The third kappa shape index (κ3) is 4.39. The molecule has 6 nitrogen and oxygen atoms in total. The Bertz CT molecular complexity index is 408. The zero-order chi connectivity index (χ0) is 15.3. The predicted octanol–water partition coefficient (Wildman–Crippen LogP) is 0.617. The molecule has 0 unspecified atom stereocenters. The molecule has 0 aromatic carbocycles. The van der Waals surface area contributed by atoms with Crippen molar-refractivity contribution in [2.45, 2.75) is 26.2 Å². The Kier molecular flexibility index (Phi) is 6.43. The first-order chi connectivity index (χ1) is 10.1. The van der Waals surface area contributed by atoms with Gasteiger partial charge in [0.25, 0.3) is 10.2 Å². The number of rotatable bonds is 5. The van der Waals surface area contributed by atoms with Crippen LogP contribution >= 0.6 is 0 Å². The van der Waals surface area contributed by atoms with Gasteiger partial charge in [0, 0.05) is 46.4 Å². The lowest BCUT2D eigenvalue weighted by Crippen LogP contribution is -2.48. The molecule has 0 aromatic heterocycles. The Morgan fingerprint density at radius 3 is 2.29 bits per heavy atom. The fraction of sp³-hybridized carbons (Fsp3) is 1.00. The fourth-order valence-corrected chi connectivity index (χ4v) is 4.87. The van der Waals surface area contributed by atoms with Gasteiger partial charge in [-0.3, -0.25) is 0 Å². The summed E-state index contributed by atoms with van der Waals surface area (Å²) in [6.45, 7) is 8.23. The highest BCUT2D eigenvalue weighted by molar-refractivity contribution is 7.86. The summed E-state index contributed by atoms with van der Waals surface area (Å²) in [6.07, 6.45) is 2.73. The molecule has 2 aliphatic rings. The first kappa shape index (κ1) is 17.1. The normalized spacial score (nSPS) is 25.0. The van der Waals surface area contributed by atoms with E-state index in [0.717, 1.165) is 45.5 Å². The van der Waals surface area contributed by atoms with Crippen molar-refractivity contribution in [1.29, 1.82) is 0 Å². The summed E-state index contributed by atoms with van der Waals surface area (Å²) in [5.41, 5.74) is 0. The standard InChI is InChI=1S/C14H29N3O3S/c1-3-15-7-4-8-16(12-11-15)21(18,19)17-9-5-14(6-10-17)13-20-2/h14H,3-13H2,1-2H3. The highest BCUT2D eigenvalue weighted by Crippen LogP contribution is 2.22. The number of hydrogen-bond acceptors (Lipinski definition) is 4. The molecule has 2 heterocycles. The minimum atomic E-state index is -3.28. The molecule has 2 saturated heterocycles. The molecule has 0 spiro atoms. The van der Waals surface area contributed by atoms with Crippen LogP contribution in [-0.2, 0) is 14.9 Å². The van der Waals surface area contributed by atoms with Gasteiger partial charge in [0.2, 0.25) is 0 Å². The van der Waals surface area contributed by atoms with Crippen molar-refractivity contribution < 1.29 is 13.2 Å². The van der Waals surface area contributed by atoms with Crippen LogP contribution in [0, 0.1) is 5.92 Å². The van der Waals surface area contributed by atoms with E-state index in [1.54, 1.807) is 15.7 Å². The molecule has 0 atom stereocenters. The molecule has 2 rings (SSSR count). The van der Waals surface area contributed by atoms with Crippen molar-refractivity contribution in [1.82, 2.24) is 13.5 Å². The summed E-state index contributed by atoms with van der Waals surface area (Å²) in [4.78, 5) is 2.32. The number of hydrogen-bond donors (Lipinski definition) is 0. The van der Waals surface area contributed by atoms with E-state index in [-0.39, 0.29) is 0 Å². The Hall–Kier alpha value is -0.210.